The fraction of sp³-hybridized carbons (Fsp3) is 0.571. The Hall–Kier alpha value is -1.82. The van der Waals surface area contributed by atoms with E-state index in [1.165, 1.54) is 0 Å². The zero-order chi connectivity index (χ0) is 14.9. The summed E-state index contributed by atoms with van der Waals surface area (Å²) in [4.78, 5) is 25.7. The van der Waals surface area contributed by atoms with E-state index in [1.807, 2.05) is 4.90 Å². The summed E-state index contributed by atoms with van der Waals surface area (Å²) in [6, 6.07) is 1.61. The number of aryl methyl sites for hydroxylation is 1. The topological polar surface area (TPSA) is 94.3 Å². The second-order valence-corrected chi connectivity index (χ2v) is 5.51. The van der Waals surface area contributed by atoms with E-state index in [0.717, 1.165) is 12.8 Å². The highest BCUT2D eigenvalue weighted by Gasteiger charge is 2.32. The smallest absolute Gasteiger partial charge is 0.270 e. The number of hydrogen-bond donors (Lipinski definition) is 2. The molecule has 0 aromatic carbocycles. The zero-order valence-electron chi connectivity index (χ0n) is 12.0. The second kappa shape index (κ2) is 5.66. The molecule has 2 heterocycles. The van der Waals surface area contributed by atoms with Gasteiger partial charge >= 0.3 is 0 Å². The Kier molecular flexibility index (Phi) is 4.13. The maximum atomic E-state index is 12.7. The normalized spacial score (nSPS) is 22.9. The van der Waals surface area contributed by atoms with Crippen molar-refractivity contribution in [3.63, 3.8) is 0 Å². The third kappa shape index (κ3) is 2.56. The molecule has 0 spiro atoms. The highest BCUT2D eigenvalue weighted by atomic mass is 16.2. The molecule has 4 N–H and O–H groups in total. The number of nitrogens with two attached hydrogens (primary N) is 2. The molecule has 1 saturated heterocycles. The largest absolute Gasteiger partial charge is 0.366 e. The maximum Gasteiger partial charge on any atom is 0.270 e. The second-order valence-electron chi connectivity index (χ2n) is 5.51. The summed E-state index contributed by atoms with van der Waals surface area (Å²) in [5.74, 6) is -0.211. The Morgan fingerprint density at radius 2 is 2.15 bits per heavy atom. The number of nitrogens with zero attached hydrogens (tertiary/aromatic N) is 2. The van der Waals surface area contributed by atoms with Crippen molar-refractivity contribution >= 4 is 11.8 Å². The molecule has 2 amide bonds. The van der Waals surface area contributed by atoms with Crippen LogP contribution < -0.4 is 11.5 Å². The van der Waals surface area contributed by atoms with Crippen LogP contribution in [0.2, 0.25) is 0 Å². The van der Waals surface area contributed by atoms with Crippen LogP contribution in [0.3, 0.4) is 0 Å². The number of carbonyl (C=O) groups is 2. The number of primary amides is 1. The molecule has 110 valence electrons. The first-order valence-corrected chi connectivity index (χ1v) is 6.93. The Morgan fingerprint density at radius 3 is 2.70 bits per heavy atom. The van der Waals surface area contributed by atoms with Crippen molar-refractivity contribution in [1.29, 1.82) is 0 Å². The lowest BCUT2D eigenvalue weighted by atomic mass is 9.90. The van der Waals surface area contributed by atoms with E-state index in [1.54, 1.807) is 23.9 Å². The van der Waals surface area contributed by atoms with Gasteiger partial charge in [0.15, 0.2) is 0 Å². The average molecular weight is 278 g/mol. The zero-order valence-corrected chi connectivity index (χ0v) is 12.0. The fourth-order valence-corrected chi connectivity index (χ4v) is 2.92. The summed E-state index contributed by atoms with van der Waals surface area (Å²) in [6.45, 7) is 3.29. The summed E-state index contributed by atoms with van der Waals surface area (Å²) in [5, 5.41) is 0. The summed E-state index contributed by atoms with van der Waals surface area (Å²) >= 11 is 0. The quantitative estimate of drug-likeness (QED) is 0.833. The summed E-state index contributed by atoms with van der Waals surface area (Å²) in [6.07, 6.45) is 3.65. The van der Waals surface area contributed by atoms with Crippen molar-refractivity contribution in [3.05, 3.63) is 23.5 Å². The third-order valence-corrected chi connectivity index (χ3v) is 4.13. The van der Waals surface area contributed by atoms with Crippen molar-refractivity contribution < 1.29 is 9.59 Å². The first kappa shape index (κ1) is 14.6. The summed E-state index contributed by atoms with van der Waals surface area (Å²) in [7, 11) is 1.74. The van der Waals surface area contributed by atoms with Gasteiger partial charge in [0.2, 0.25) is 5.91 Å². The van der Waals surface area contributed by atoms with Gasteiger partial charge in [-0.2, -0.15) is 0 Å². The lowest BCUT2D eigenvalue weighted by Crippen LogP contribution is -2.51. The molecule has 0 bridgehead atoms. The first-order chi connectivity index (χ1) is 9.45. The minimum atomic E-state index is -0.526. The molecule has 2 rings (SSSR count). The molecule has 2 atom stereocenters. The molecule has 1 aliphatic heterocycles. The Bertz CT molecular complexity index is 523. The number of amides is 2. The fourth-order valence-electron chi connectivity index (χ4n) is 2.92. The molecular weight excluding hydrogens is 256 g/mol. The summed E-state index contributed by atoms with van der Waals surface area (Å²) in [5.41, 5.74) is 11.9. The van der Waals surface area contributed by atoms with Crippen LogP contribution in [0.5, 0.6) is 0 Å². The lowest BCUT2D eigenvalue weighted by Gasteiger charge is -2.39. The Labute approximate surface area is 118 Å². The molecule has 0 saturated carbocycles. The molecule has 1 aliphatic rings. The third-order valence-electron chi connectivity index (χ3n) is 4.13. The van der Waals surface area contributed by atoms with Crippen molar-refractivity contribution in [2.75, 3.05) is 13.1 Å². The molecule has 0 unspecified atom stereocenters. The highest BCUT2D eigenvalue weighted by molar-refractivity contribution is 5.98. The minimum absolute atomic E-state index is 0.0585. The van der Waals surface area contributed by atoms with Crippen molar-refractivity contribution in [2.45, 2.75) is 25.8 Å². The van der Waals surface area contributed by atoms with Crippen LogP contribution in [0, 0.1) is 5.92 Å². The molecule has 0 aliphatic carbocycles. The van der Waals surface area contributed by atoms with Gasteiger partial charge in [-0.25, -0.2) is 0 Å². The predicted octanol–water partition coefficient (Wildman–Crippen LogP) is 0.323. The molecule has 20 heavy (non-hydrogen) atoms. The molecule has 6 heteroatoms. The van der Waals surface area contributed by atoms with Gasteiger partial charge in [0.1, 0.15) is 5.69 Å². The maximum absolute atomic E-state index is 12.7. The monoisotopic (exact) mass is 278 g/mol. The van der Waals surface area contributed by atoms with Crippen LogP contribution in [-0.4, -0.2) is 40.4 Å². The number of carbonyl (C=O) groups excluding carboxylic acids is 2. The van der Waals surface area contributed by atoms with Crippen LogP contribution in [0.25, 0.3) is 0 Å². The van der Waals surface area contributed by atoms with Crippen LogP contribution >= 0.6 is 0 Å². The van der Waals surface area contributed by atoms with E-state index in [-0.39, 0.29) is 11.9 Å². The number of hydrogen-bond acceptors (Lipinski definition) is 3. The molecule has 1 fully saturated rings. The van der Waals surface area contributed by atoms with Gasteiger partial charge in [0, 0.05) is 32.4 Å². The van der Waals surface area contributed by atoms with E-state index in [4.69, 9.17) is 11.5 Å². The highest BCUT2D eigenvalue weighted by Crippen LogP contribution is 2.24. The molecular formula is C14H22N4O2. The van der Waals surface area contributed by atoms with Crippen LogP contribution in [0.4, 0.5) is 0 Å². The van der Waals surface area contributed by atoms with Crippen LogP contribution in [0.15, 0.2) is 12.3 Å². The Balaban J connectivity index is 2.28. The number of piperidine rings is 1. The lowest BCUT2D eigenvalue weighted by molar-refractivity contribution is 0.0523. The van der Waals surface area contributed by atoms with E-state index >= 15 is 0 Å². The standard InChI is InChI=1S/C14H22N4O2/c1-9-4-3-5-18(12(9)7-15)14(20)11-6-10(13(16)19)8-17(11)2/h6,8-9,12H,3-5,7,15H2,1-2H3,(H2,16,19)/t9-,12-/m1/s1. The number of aromatic nitrogens is 1. The number of rotatable bonds is 3. The van der Waals surface area contributed by atoms with Crippen molar-refractivity contribution in [1.82, 2.24) is 9.47 Å². The van der Waals surface area contributed by atoms with Gasteiger partial charge in [-0.15, -0.1) is 0 Å². The first-order valence-electron chi connectivity index (χ1n) is 6.93. The van der Waals surface area contributed by atoms with Crippen molar-refractivity contribution in [3.8, 4) is 0 Å². The van der Waals surface area contributed by atoms with Crippen molar-refractivity contribution in [2.24, 2.45) is 24.4 Å². The van der Waals surface area contributed by atoms with Crippen LogP contribution in [-0.2, 0) is 7.05 Å². The van der Waals surface area contributed by atoms with Gasteiger partial charge in [0.25, 0.3) is 5.91 Å². The van der Waals surface area contributed by atoms with Crippen LogP contribution in [0.1, 0.15) is 40.6 Å². The number of likely N-dealkylation sites (tertiary alicyclic amines) is 1. The van der Waals surface area contributed by atoms with Gasteiger partial charge in [-0.05, 0) is 24.8 Å². The van der Waals surface area contributed by atoms with E-state index < -0.39 is 5.91 Å². The SMILES string of the molecule is C[C@@H]1CCCN(C(=O)c2cc(C(N)=O)cn2C)[C@@H]1CN. The Morgan fingerprint density at radius 1 is 1.45 bits per heavy atom. The van der Waals surface area contributed by atoms with Gasteiger partial charge in [-0.1, -0.05) is 6.92 Å². The molecule has 1 aromatic heterocycles. The molecule has 0 radical (unpaired) electrons. The predicted molar refractivity (Wildman–Crippen MR) is 76.2 cm³/mol. The molecule has 6 nitrogen and oxygen atoms in total. The van der Waals surface area contributed by atoms with E-state index in [9.17, 15) is 9.59 Å². The van der Waals surface area contributed by atoms with E-state index in [2.05, 4.69) is 6.92 Å². The van der Waals surface area contributed by atoms with Gasteiger partial charge < -0.3 is 20.9 Å². The average Bonchev–Trinajstić information content (AvgIpc) is 2.80. The van der Waals surface area contributed by atoms with Gasteiger partial charge in [0.05, 0.1) is 5.56 Å². The van der Waals surface area contributed by atoms with Gasteiger partial charge in [-0.3, -0.25) is 9.59 Å². The minimum Gasteiger partial charge on any atom is -0.366 e. The summed E-state index contributed by atoms with van der Waals surface area (Å²) < 4.78 is 1.65. The molecule has 1 aromatic rings. The van der Waals surface area contributed by atoms with E-state index in [0.29, 0.717) is 30.3 Å².